The predicted molar refractivity (Wildman–Crippen MR) is 201 cm³/mol. The van der Waals surface area contributed by atoms with E-state index < -0.39 is 8.07 Å². The summed E-state index contributed by atoms with van der Waals surface area (Å²) >= 11 is 0. The van der Waals surface area contributed by atoms with Crippen LogP contribution in [0.3, 0.4) is 0 Å². The topological polar surface area (TPSA) is 37.4 Å². The van der Waals surface area contributed by atoms with Crippen molar-refractivity contribution in [1.82, 2.24) is 0 Å². The molecule has 0 radical (unpaired) electrons. The van der Waals surface area contributed by atoms with Crippen LogP contribution in [-0.2, 0) is 5.41 Å². The maximum atomic E-state index is 13.6. The average molecular weight is 642 g/mol. The molecule has 3 nitrogen and oxygen atoms in total. The standard InChI is InChI=1S/C44H39NO2Si/c1-26-21-27(2)40(28(3)22-26)30-19-20-39-36(23-30)44(4,5)37-25-31(24-35-41(46)33-16-10-11-17-34(33)42(35)47)48(6,7)43(37)45(39)38-18-12-14-29-13-8-9-15-32(29)38/h8-25H,1-7H3. The van der Waals surface area contributed by atoms with Gasteiger partial charge >= 0.3 is 0 Å². The molecule has 48 heavy (non-hydrogen) atoms. The molecule has 4 heteroatoms. The van der Waals surface area contributed by atoms with Crippen LogP contribution in [0.5, 0.6) is 0 Å². The molecule has 236 valence electrons. The number of rotatable bonds is 3. The Kier molecular flexibility index (Phi) is 6.60. The van der Waals surface area contributed by atoms with Gasteiger partial charge in [0, 0.05) is 32.9 Å². The Balaban J connectivity index is 1.37. The molecule has 0 amide bonds. The van der Waals surface area contributed by atoms with E-state index in [-0.39, 0.29) is 22.6 Å². The summed E-state index contributed by atoms with van der Waals surface area (Å²) in [7, 11) is -2.47. The zero-order chi connectivity index (χ0) is 33.7. The Bertz CT molecular complexity index is 2300. The Morgan fingerprint density at radius 1 is 0.708 bits per heavy atom. The number of fused-ring (bicyclic) bond motifs is 3. The SMILES string of the molecule is Cc1cc(C)c(-c2ccc3c(c2)C(C)(C)C2=C(N3c3cccc4ccccc34)[Si](C)(C)C(C=C3C(=O)c4ccccc4C3=O)=C2)c(C)c1. The minimum Gasteiger partial charge on any atom is -0.317 e. The number of aryl methyl sites for hydroxylation is 3. The van der Waals surface area contributed by atoms with Crippen molar-refractivity contribution in [2.24, 2.45) is 0 Å². The van der Waals surface area contributed by atoms with Gasteiger partial charge in [-0.3, -0.25) is 9.59 Å². The molecule has 8 rings (SSSR count). The molecule has 0 atom stereocenters. The fourth-order valence-corrected chi connectivity index (χ4v) is 11.6. The van der Waals surface area contributed by atoms with Crippen molar-refractivity contribution in [3.8, 4) is 11.1 Å². The number of carbonyl (C=O) groups is 2. The largest absolute Gasteiger partial charge is 0.317 e. The predicted octanol–water partition coefficient (Wildman–Crippen LogP) is 10.8. The van der Waals surface area contributed by atoms with Crippen LogP contribution < -0.4 is 4.90 Å². The fourth-order valence-electron chi connectivity index (χ4n) is 8.48. The van der Waals surface area contributed by atoms with E-state index >= 15 is 0 Å². The van der Waals surface area contributed by atoms with E-state index in [9.17, 15) is 9.59 Å². The molecule has 0 saturated carbocycles. The van der Waals surface area contributed by atoms with Gasteiger partial charge in [-0.2, -0.15) is 0 Å². The number of nitrogens with zero attached hydrogens (tertiary/aromatic N) is 1. The lowest BCUT2D eigenvalue weighted by Crippen LogP contribution is -2.43. The van der Waals surface area contributed by atoms with Crippen molar-refractivity contribution in [3.05, 3.63) is 164 Å². The minimum absolute atomic E-state index is 0.173. The van der Waals surface area contributed by atoms with E-state index in [1.807, 2.05) is 18.2 Å². The number of hydrogen-bond donors (Lipinski definition) is 0. The number of benzene rings is 5. The summed E-state index contributed by atoms with van der Waals surface area (Å²) < 4.78 is 0. The molecule has 2 heterocycles. The van der Waals surface area contributed by atoms with E-state index in [2.05, 4.69) is 131 Å². The monoisotopic (exact) mass is 641 g/mol. The van der Waals surface area contributed by atoms with E-state index in [1.54, 1.807) is 12.1 Å². The molecular weight excluding hydrogens is 603 g/mol. The van der Waals surface area contributed by atoms with Crippen LogP contribution in [0.25, 0.3) is 21.9 Å². The number of ketones is 2. The average Bonchev–Trinajstić information content (AvgIpc) is 3.46. The van der Waals surface area contributed by atoms with Gasteiger partial charge in [-0.1, -0.05) is 123 Å². The maximum Gasteiger partial charge on any atom is 0.197 e. The van der Waals surface area contributed by atoms with Gasteiger partial charge in [-0.05, 0) is 83.8 Å². The minimum atomic E-state index is -2.47. The molecule has 0 unspecified atom stereocenters. The Labute approximate surface area is 284 Å². The first-order valence-electron chi connectivity index (χ1n) is 16.8. The van der Waals surface area contributed by atoms with Crippen LogP contribution in [0, 0.1) is 20.8 Å². The summed E-state index contributed by atoms with van der Waals surface area (Å²) in [6, 6.07) is 33.9. The number of hydrogen-bond acceptors (Lipinski definition) is 3. The highest BCUT2D eigenvalue weighted by Crippen LogP contribution is 2.56. The highest BCUT2D eigenvalue weighted by Gasteiger charge is 2.49. The maximum absolute atomic E-state index is 13.6. The summed E-state index contributed by atoms with van der Waals surface area (Å²) in [4.78, 5) is 29.7. The molecule has 0 aromatic heterocycles. The van der Waals surface area contributed by atoms with Crippen LogP contribution in [0.15, 0.2) is 131 Å². The van der Waals surface area contributed by atoms with Crippen LogP contribution >= 0.6 is 0 Å². The van der Waals surface area contributed by atoms with Gasteiger partial charge in [0.1, 0.15) is 8.07 Å². The van der Waals surface area contributed by atoms with E-state index in [1.165, 1.54) is 60.7 Å². The van der Waals surface area contributed by atoms with Crippen LogP contribution in [0.1, 0.15) is 56.8 Å². The molecule has 2 aliphatic heterocycles. The molecule has 0 spiro atoms. The molecule has 3 aliphatic rings. The number of Topliss-reactive ketones (excluding diaryl/α,β-unsaturated/α-hetero) is 2. The lowest BCUT2D eigenvalue weighted by Gasteiger charge is -2.45. The molecule has 0 saturated heterocycles. The third-order valence-corrected chi connectivity index (χ3v) is 14.3. The Morgan fingerprint density at radius 2 is 1.33 bits per heavy atom. The molecule has 5 aromatic rings. The third-order valence-electron chi connectivity index (χ3n) is 10.9. The lowest BCUT2D eigenvalue weighted by molar-refractivity contribution is 0.0988. The quantitative estimate of drug-likeness (QED) is 0.112. The summed E-state index contributed by atoms with van der Waals surface area (Å²) in [6.45, 7) is 16.0. The van der Waals surface area contributed by atoms with Crippen LogP contribution in [0.2, 0.25) is 13.1 Å². The lowest BCUT2D eigenvalue weighted by atomic mass is 9.73. The summed E-state index contributed by atoms with van der Waals surface area (Å²) in [5.41, 5.74) is 12.2. The summed E-state index contributed by atoms with van der Waals surface area (Å²) in [6.07, 6.45) is 4.25. The molecule has 0 N–H and O–H groups in total. The van der Waals surface area contributed by atoms with Crippen LogP contribution in [0.4, 0.5) is 11.4 Å². The molecule has 5 aromatic carbocycles. The van der Waals surface area contributed by atoms with E-state index in [0.29, 0.717) is 11.1 Å². The molecule has 1 aliphatic carbocycles. The molecular formula is C44H39NO2Si. The smallest absolute Gasteiger partial charge is 0.197 e. The second-order valence-electron chi connectivity index (χ2n) is 14.7. The van der Waals surface area contributed by atoms with Gasteiger partial charge in [0.15, 0.2) is 11.6 Å². The van der Waals surface area contributed by atoms with Gasteiger partial charge in [-0.25, -0.2) is 0 Å². The first-order valence-corrected chi connectivity index (χ1v) is 19.8. The zero-order valence-corrected chi connectivity index (χ0v) is 29.7. The van der Waals surface area contributed by atoms with E-state index in [0.717, 1.165) is 10.9 Å². The van der Waals surface area contributed by atoms with Gasteiger partial charge in [0.25, 0.3) is 0 Å². The van der Waals surface area contributed by atoms with Crippen molar-refractivity contribution in [3.63, 3.8) is 0 Å². The number of anilines is 2. The van der Waals surface area contributed by atoms with Gasteiger partial charge < -0.3 is 4.90 Å². The van der Waals surface area contributed by atoms with Crippen molar-refractivity contribution >= 4 is 41.8 Å². The number of carbonyl (C=O) groups excluding carboxylic acids is 2. The van der Waals surface area contributed by atoms with Gasteiger partial charge in [0.05, 0.1) is 11.3 Å². The molecule has 0 bridgehead atoms. The van der Waals surface area contributed by atoms with Crippen molar-refractivity contribution in [1.29, 1.82) is 0 Å². The van der Waals surface area contributed by atoms with E-state index in [4.69, 9.17) is 0 Å². The second-order valence-corrected chi connectivity index (χ2v) is 19.0. The normalized spacial score (nSPS) is 17.4. The highest BCUT2D eigenvalue weighted by molar-refractivity contribution is 6.93. The Hall–Kier alpha value is -5.06. The van der Waals surface area contributed by atoms with Crippen molar-refractivity contribution in [2.75, 3.05) is 4.90 Å². The highest BCUT2D eigenvalue weighted by atomic mass is 28.3. The second kappa shape index (κ2) is 10.5. The first kappa shape index (κ1) is 30.3. The fraction of sp³-hybridized carbons (Fsp3) is 0.182. The third kappa shape index (κ3) is 4.25. The number of allylic oxidation sites excluding steroid dienone is 5. The Morgan fingerprint density at radius 3 is 2.02 bits per heavy atom. The van der Waals surface area contributed by atoms with Crippen molar-refractivity contribution in [2.45, 2.75) is 53.1 Å². The van der Waals surface area contributed by atoms with Gasteiger partial charge in [0.2, 0.25) is 0 Å². The van der Waals surface area contributed by atoms with Crippen LogP contribution in [-0.4, -0.2) is 19.6 Å². The zero-order valence-electron chi connectivity index (χ0n) is 28.7. The summed E-state index contributed by atoms with van der Waals surface area (Å²) in [5, 5.41) is 4.81. The molecule has 0 fully saturated rings. The summed E-state index contributed by atoms with van der Waals surface area (Å²) in [5.74, 6) is -0.346. The van der Waals surface area contributed by atoms with Gasteiger partial charge in [-0.15, -0.1) is 0 Å². The van der Waals surface area contributed by atoms with Crippen molar-refractivity contribution < 1.29 is 9.59 Å². The first-order chi connectivity index (χ1) is 22.9.